The van der Waals surface area contributed by atoms with Gasteiger partial charge < -0.3 is 9.47 Å². The maximum atomic E-state index is 14.3. The summed E-state index contributed by atoms with van der Waals surface area (Å²) in [5.41, 5.74) is 1.23. The van der Waals surface area contributed by atoms with Gasteiger partial charge >= 0.3 is 0 Å². The van der Waals surface area contributed by atoms with Gasteiger partial charge in [-0.15, -0.1) is 0 Å². The van der Waals surface area contributed by atoms with Crippen LogP contribution < -0.4 is 9.47 Å². The number of aryl methyl sites for hydroxylation is 1. The van der Waals surface area contributed by atoms with Crippen LogP contribution in [0.2, 0.25) is 0 Å². The highest BCUT2D eigenvalue weighted by molar-refractivity contribution is 7.86. The smallest absolute Gasteiger partial charge is 0.296 e. The van der Waals surface area contributed by atoms with Gasteiger partial charge in [-0.2, -0.15) is 8.42 Å². The van der Waals surface area contributed by atoms with Crippen molar-refractivity contribution in [2.75, 3.05) is 20.8 Å². The molecular formula is C17H19FO5S. The minimum Gasteiger partial charge on any atom is -0.493 e. The highest BCUT2D eigenvalue weighted by Crippen LogP contribution is 2.32. The van der Waals surface area contributed by atoms with Gasteiger partial charge in [-0.3, -0.25) is 4.18 Å². The molecule has 0 atom stereocenters. The van der Waals surface area contributed by atoms with Gasteiger partial charge in [0.25, 0.3) is 10.1 Å². The SMILES string of the molecule is COc1ccc(CCOS(=O)(=O)c2ccc(C)cc2)c(F)c1OC. The van der Waals surface area contributed by atoms with Crippen LogP contribution in [0.5, 0.6) is 11.5 Å². The maximum absolute atomic E-state index is 14.3. The molecule has 7 heteroatoms. The average Bonchev–Trinajstić information content (AvgIpc) is 2.56. The average molecular weight is 354 g/mol. The largest absolute Gasteiger partial charge is 0.493 e. The fourth-order valence-electron chi connectivity index (χ4n) is 2.16. The molecule has 130 valence electrons. The molecule has 0 aliphatic heterocycles. The van der Waals surface area contributed by atoms with E-state index >= 15 is 0 Å². The normalized spacial score (nSPS) is 11.3. The Bertz CT molecular complexity index is 800. The van der Waals surface area contributed by atoms with Gasteiger partial charge in [0.2, 0.25) is 0 Å². The fourth-order valence-corrected chi connectivity index (χ4v) is 3.07. The van der Waals surface area contributed by atoms with Crippen molar-refractivity contribution in [3.8, 4) is 11.5 Å². The van der Waals surface area contributed by atoms with E-state index in [1.807, 2.05) is 6.92 Å². The molecule has 0 aliphatic rings. The Hall–Kier alpha value is -2.12. The van der Waals surface area contributed by atoms with Crippen molar-refractivity contribution in [1.29, 1.82) is 0 Å². The lowest BCUT2D eigenvalue weighted by Gasteiger charge is -2.12. The molecule has 24 heavy (non-hydrogen) atoms. The van der Waals surface area contributed by atoms with E-state index in [0.29, 0.717) is 0 Å². The van der Waals surface area contributed by atoms with Crippen LogP contribution in [0.3, 0.4) is 0 Å². The summed E-state index contributed by atoms with van der Waals surface area (Å²) >= 11 is 0. The van der Waals surface area contributed by atoms with Crippen molar-refractivity contribution in [2.24, 2.45) is 0 Å². The number of methoxy groups -OCH3 is 2. The van der Waals surface area contributed by atoms with Crippen molar-refractivity contribution < 1.29 is 26.5 Å². The van der Waals surface area contributed by atoms with E-state index in [1.54, 1.807) is 18.2 Å². The van der Waals surface area contributed by atoms with Crippen molar-refractivity contribution in [3.05, 3.63) is 53.3 Å². The molecule has 0 aliphatic carbocycles. The number of hydrogen-bond acceptors (Lipinski definition) is 5. The van der Waals surface area contributed by atoms with E-state index in [4.69, 9.17) is 13.7 Å². The Morgan fingerprint density at radius 1 is 1.00 bits per heavy atom. The predicted octanol–water partition coefficient (Wildman–Crippen LogP) is 3.10. The zero-order chi connectivity index (χ0) is 17.7. The van der Waals surface area contributed by atoms with Crippen molar-refractivity contribution in [3.63, 3.8) is 0 Å². The maximum Gasteiger partial charge on any atom is 0.296 e. The van der Waals surface area contributed by atoms with Gasteiger partial charge in [0.05, 0.1) is 25.7 Å². The number of ether oxygens (including phenoxy) is 2. The standard InChI is InChI=1S/C17H19FO5S/c1-12-4-7-14(8-5-12)24(19,20)23-11-10-13-6-9-15(21-2)17(22-3)16(13)18/h4-9H,10-11H2,1-3H3. The van der Waals surface area contributed by atoms with E-state index < -0.39 is 15.9 Å². The highest BCUT2D eigenvalue weighted by atomic mass is 32.2. The molecule has 0 saturated heterocycles. The van der Waals surface area contributed by atoms with Gasteiger partial charge in [0, 0.05) is 6.42 Å². The summed E-state index contributed by atoms with van der Waals surface area (Å²) in [4.78, 5) is 0.0703. The summed E-state index contributed by atoms with van der Waals surface area (Å²) < 4.78 is 53.4. The molecule has 0 unspecified atom stereocenters. The molecule has 0 spiro atoms. The number of benzene rings is 2. The molecule has 0 fully saturated rings. The summed E-state index contributed by atoms with van der Waals surface area (Å²) in [6.45, 7) is 1.68. The highest BCUT2D eigenvalue weighted by Gasteiger charge is 2.17. The summed E-state index contributed by atoms with van der Waals surface area (Å²) in [5.74, 6) is -0.337. The fraction of sp³-hybridized carbons (Fsp3) is 0.294. The molecule has 2 aromatic rings. The third-order valence-electron chi connectivity index (χ3n) is 3.48. The third kappa shape index (κ3) is 4.04. The van der Waals surface area contributed by atoms with Crippen molar-refractivity contribution in [1.82, 2.24) is 0 Å². The quantitative estimate of drug-likeness (QED) is 0.715. The summed E-state index contributed by atoms with van der Waals surface area (Å²) in [6.07, 6.45) is 0.0806. The first-order chi connectivity index (χ1) is 11.4. The first-order valence-electron chi connectivity index (χ1n) is 7.24. The van der Waals surface area contributed by atoms with Crippen LogP contribution >= 0.6 is 0 Å². The molecular weight excluding hydrogens is 335 g/mol. The minimum absolute atomic E-state index is 0.0172. The Morgan fingerprint density at radius 3 is 2.25 bits per heavy atom. The molecule has 0 bridgehead atoms. The topological polar surface area (TPSA) is 61.8 Å². The molecule has 0 radical (unpaired) electrons. The van der Waals surface area contributed by atoms with Gasteiger partial charge in [0.15, 0.2) is 17.3 Å². The minimum atomic E-state index is -3.87. The van der Waals surface area contributed by atoms with E-state index in [0.717, 1.165) is 5.56 Å². The zero-order valence-corrected chi connectivity index (χ0v) is 14.5. The van der Waals surface area contributed by atoms with Crippen LogP contribution in [0.15, 0.2) is 41.3 Å². The van der Waals surface area contributed by atoms with E-state index in [2.05, 4.69) is 0 Å². The first kappa shape index (κ1) is 18.2. The second-order valence-corrected chi connectivity index (χ2v) is 6.73. The lowest BCUT2D eigenvalue weighted by Crippen LogP contribution is -2.10. The second-order valence-electron chi connectivity index (χ2n) is 5.11. The molecule has 0 heterocycles. The van der Waals surface area contributed by atoms with E-state index in [1.165, 1.54) is 32.4 Å². The number of halogens is 1. The van der Waals surface area contributed by atoms with Crippen molar-refractivity contribution in [2.45, 2.75) is 18.2 Å². The Labute approximate surface area is 141 Å². The van der Waals surface area contributed by atoms with Crippen LogP contribution in [0.1, 0.15) is 11.1 Å². The summed E-state index contributed by atoms with van der Waals surface area (Å²) in [5, 5.41) is 0. The lowest BCUT2D eigenvalue weighted by molar-refractivity contribution is 0.315. The number of rotatable bonds is 7. The predicted molar refractivity (Wildman–Crippen MR) is 87.5 cm³/mol. The monoisotopic (exact) mass is 354 g/mol. The van der Waals surface area contributed by atoms with Crippen LogP contribution in [-0.2, 0) is 20.7 Å². The Balaban J connectivity index is 2.08. The van der Waals surface area contributed by atoms with Crippen LogP contribution in [0, 0.1) is 12.7 Å². The van der Waals surface area contributed by atoms with Crippen molar-refractivity contribution >= 4 is 10.1 Å². The van der Waals surface area contributed by atoms with Crippen LogP contribution in [0.4, 0.5) is 4.39 Å². The number of hydrogen-bond donors (Lipinski definition) is 0. The van der Waals surface area contributed by atoms with E-state index in [-0.39, 0.29) is 35.0 Å². The van der Waals surface area contributed by atoms with Gasteiger partial charge in [-0.1, -0.05) is 23.8 Å². The molecule has 0 aromatic heterocycles. The summed E-state index contributed by atoms with van der Waals surface area (Å²) in [6, 6.07) is 9.39. The molecule has 5 nitrogen and oxygen atoms in total. The molecule has 2 aromatic carbocycles. The second kappa shape index (κ2) is 7.63. The van der Waals surface area contributed by atoms with Crippen LogP contribution in [0.25, 0.3) is 0 Å². The first-order valence-corrected chi connectivity index (χ1v) is 8.65. The molecule has 0 N–H and O–H groups in total. The Kier molecular flexibility index (Phi) is 5.80. The molecule has 2 rings (SSSR count). The lowest BCUT2D eigenvalue weighted by atomic mass is 10.1. The van der Waals surface area contributed by atoms with E-state index in [9.17, 15) is 12.8 Å². The third-order valence-corrected chi connectivity index (χ3v) is 4.81. The molecule has 0 saturated carbocycles. The Morgan fingerprint density at radius 2 is 1.67 bits per heavy atom. The molecule has 0 amide bonds. The summed E-state index contributed by atoms with van der Waals surface area (Å²) in [7, 11) is -1.12. The van der Waals surface area contributed by atoms with Gasteiger partial charge in [-0.25, -0.2) is 4.39 Å². The van der Waals surface area contributed by atoms with Gasteiger partial charge in [-0.05, 0) is 30.7 Å². The van der Waals surface area contributed by atoms with Crippen LogP contribution in [-0.4, -0.2) is 29.2 Å². The van der Waals surface area contributed by atoms with Gasteiger partial charge in [0.1, 0.15) is 0 Å². The zero-order valence-electron chi connectivity index (χ0n) is 13.7.